The van der Waals surface area contributed by atoms with Crippen molar-refractivity contribution in [3.05, 3.63) is 47.0 Å². The average Bonchev–Trinajstić information content (AvgIpc) is 2.19. The van der Waals surface area contributed by atoms with Crippen LogP contribution in [0, 0.1) is 19.8 Å². The van der Waals surface area contributed by atoms with Gasteiger partial charge in [-0.05, 0) is 43.7 Å². The summed E-state index contributed by atoms with van der Waals surface area (Å²) in [5.41, 5.74) is 4.26. The molecule has 0 heterocycles. The number of hydrogen-bond donors (Lipinski definition) is 0. The van der Waals surface area contributed by atoms with Crippen LogP contribution in [-0.4, -0.2) is 0 Å². The van der Waals surface area contributed by atoms with Gasteiger partial charge in [-0.3, -0.25) is 0 Å². The molecule has 0 saturated carbocycles. The summed E-state index contributed by atoms with van der Waals surface area (Å²) in [6.45, 7) is 8.82. The van der Waals surface area contributed by atoms with Gasteiger partial charge in [-0.2, -0.15) is 0 Å². The minimum absolute atomic E-state index is 0.645. The number of hydrogen-bond acceptors (Lipinski definition) is 0. The summed E-state index contributed by atoms with van der Waals surface area (Å²) < 4.78 is 0. The predicted octanol–water partition coefficient (Wildman–Crippen LogP) is 4.45. The molecule has 0 amide bonds. The first-order valence-corrected chi connectivity index (χ1v) is 5.86. The molecule has 0 heteroatoms. The summed E-state index contributed by atoms with van der Waals surface area (Å²) in [5, 5.41) is 0. The van der Waals surface area contributed by atoms with Gasteiger partial charge in [0, 0.05) is 0 Å². The maximum atomic E-state index is 2.32. The highest BCUT2D eigenvalue weighted by molar-refractivity contribution is 5.30. The van der Waals surface area contributed by atoms with Crippen LogP contribution in [0.25, 0.3) is 0 Å². The maximum absolute atomic E-state index is 2.32. The second-order valence-corrected chi connectivity index (χ2v) is 4.45. The number of rotatable bonds is 4. The molecule has 0 bridgehead atoms. The summed E-state index contributed by atoms with van der Waals surface area (Å²) >= 11 is 0. The van der Waals surface area contributed by atoms with Crippen molar-refractivity contribution in [3.8, 4) is 0 Å². The summed E-state index contributed by atoms with van der Waals surface area (Å²) in [5.74, 6) is 0.645. The molecule has 82 valence electrons. The van der Waals surface area contributed by atoms with Gasteiger partial charge in [-0.25, -0.2) is 0 Å². The lowest BCUT2D eigenvalue weighted by Gasteiger charge is -2.10. The van der Waals surface area contributed by atoms with Gasteiger partial charge in [0.15, 0.2) is 0 Å². The third-order valence-electron chi connectivity index (χ3n) is 2.74. The predicted molar refractivity (Wildman–Crippen MR) is 68.2 cm³/mol. The van der Waals surface area contributed by atoms with E-state index < -0.39 is 0 Å². The summed E-state index contributed by atoms with van der Waals surface area (Å²) in [7, 11) is 0. The van der Waals surface area contributed by atoms with E-state index in [4.69, 9.17) is 0 Å². The van der Waals surface area contributed by atoms with Crippen LogP contribution in [0.15, 0.2) is 30.4 Å². The molecule has 1 aromatic rings. The van der Waals surface area contributed by atoms with Gasteiger partial charge in [0.1, 0.15) is 0 Å². The highest BCUT2D eigenvalue weighted by atomic mass is 14.1. The van der Waals surface area contributed by atoms with E-state index in [-0.39, 0.29) is 0 Å². The topological polar surface area (TPSA) is 0 Å². The maximum Gasteiger partial charge on any atom is -0.0216 e. The quantitative estimate of drug-likeness (QED) is 0.633. The summed E-state index contributed by atoms with van der Waals surface area (Å²) in [6.07, 6.45) is 6.87. The van der Waals surface area contributed by atoms with Crippen LogP contribution in [0.1, 0.15) is 37.0 Å². The third-order valence-corrected chi connectivity index (χ3v) is 2.74. The van der Waals surface area contributed by atoms with E-state index in [1.165, 1.54) is 16.7 Å². The van der Waals surface area contributed by atoms with Crippen molar-refractivity contribution >= 4 is 0 Å². The normalized spacial score (nSPS) is 13.3. The molecule has 15 heavy (non-hydrogen) atoms. The fraction of sp³-hybridized carbons (Fsp3) is 0.467. The van der Waals surface area contributed by atoms with Crippen LogP contribution in [-0.2, 0) is 6.42 Å². The molecule has 0 saturated heterocycles. The lowest BCUT2D eigenvalue weighted by molar-refractivity contribution is 0.717. The van der Waals surface area contributed by atoms with Gasteiger partial charge in [0.2, 0.25) is 0 Å². The van der Waals surface area contributed by atoms with Gasteiger partial charge in [0.05, 0.1) is 0 Å². The van der Waals surface area contributed by atoms with Crippen molar-refractivity contribution in [2.45, 2.75) is 40.5 Å². The molecule has 0 aliphatic rings. The fourth-order valence-corrected chi connectivity index (χ4v) is 1.86. The molecule has 1 rings (SSSR count). The van der Waals surface area contributed by atoms with Crippen LogP contribution in [0.2, 0.25) is 0 Å². The van der Waals surface area contributed by atoms with Crippen molar-refractivity contribution in [1.82, 2.24) is 0 Å². The molecule has 0 fully saturated rings. The zero-order valence-electron chi connectivity index (χ0n) is 10.4. The Balaban J connectivity index is 2.68. The van der Waals surface area contributed by atoms with E-state index in [0.29, 0.717) is 5.92 Å². The molecule has 0 spiro atoms. The van der Waals surface area contributed by atoms with Crippen LogP contribution < -0.4 is 0 Å². The lowest BCUT2D eigenvalue weighted by Crippen LogP contribution is -1.98. The smallest absolute Gasteiger partial charge is 0.0216 e. The third kappa shape index (κ3) is 3.91. The second kappa shape index (κ2) is 5.75. The molecule has 1 unspecified atom stereocenters. The fourth-order valence-electron chi connectivity index (χ4n) is 1.86. The Bertz CT molecular complexity index is 334. The standard InChI is InChI=1S/C15H22/c1-5-6-7-12(2)11-15-9-8-13(3)10-14(15)4/h6-10,12H,5,11H2,1-4H3/b7-6-. The van der Waals surface area contributed by atoms with Crippen molar-refractivity contribution in [2.75, 3.05) is 0 Å². The highest BCUT2D eigenvalue weighted by Crippen LogP contribution is 2.15. The van der Waals surface area contributed by atoms with E-state index >= 15 is 0 Å². The Hall–Kier alpha value is -1.04. The first kappa shape index (κ1) is 12.0. The molecule has 0 radical (unpaired) electrons. The zero-order chi connectivity index (χ0) is 11.3. The van der Waals surface area contributed by atoms with E-state index in [1.54, 1.807) is 0 Å². The molecule has 0 nitrogen and oxygen atoms in total. The van der Waals surface area contributed by atoms with Gasteiger partial charge in [-0.1, -0.05) is 49.8 Å². The van der Waals surface area contributed by atoms with Crippen molar-refractivity contribution in [1.29, 1.82) is 0 Å². The second-order valence-electron chi connectivity index (χ2n) is 4.45. The van der Waals surface area contributed by atoms with Crippen molar-refractivity contribution < 1.29 is 0 Å². The number of allylic oxidation sites excluding steroid dienone is 2. The number of aryl methyl sites for hydroxylation is 2. The minimum Gasteiger partial charge on any atom is -0.0885 e. The molecular formula is C15H22. The van der Waals surface area contributed by atoms with Crippen LogP contribution >= 0.6 is 0 Å². The van der Waals surface area contributed by atoms with Gasteiger partial charge >= 0.3 is 0 Å². The Morgan fingerprint density at radius 3 is 2.60 bits per heavy atom. The Morgan fingerprint density at radius 2 is 2.00 bits per heavy atom. The van der Waals surface area contributed by atoms with E-state index in [1.807, 2.05) is 0 Å². The molecule has 1 aromatic carbocycles. The minimum atomic E-state index is 0.645. The average molecular weight is 202 g/mol. The molecular weight excluding hydrogens is 180 g/mol. The Kier molecular flexibility index (Phi) is 4.61. The lowest BCUT2D eigenvalue weighted by atomic mass is 9.96. The van der Waals surface area contributed by atoms with E-state index in [9.17, 15) is 0 Å². The Morgan fingerprint density at radius 1 is 1.27 bits per heavy atom. The van der Waals surface area contributed by atoms with E-state index in [2.05, 4.69) is 58.0 Å². The van der Waals surface area contributed by atoms with Crippen molar-refractivity contribution in [3.63, 3.8) is 0 Å². The van der Waals surface area contributed by atoms with Crippen LogP contribution in [0.3, 0.4) is 0 Å². The highest BCUT2D eigenvalue weighted by Gasteiger charge is 2.02. The SMILES string of the molecule is CC/C=C\C(C)Cc1ccc(C)cc1C. The summed E-state index contributed by atoms with van der Waals surface area (Å²) in [4.78, 5) is 0. The summed E-state index contributed by atoms with van der Waals surface area (Å²) in [6, 6.07) is 6.74. The zero-order valence-corrected chi connectivity index (χ0v) is 10.4. The molecule has 0 aliphatic heterocycles. The molecule has 0 aliphatic carbocycles. The number of benzene rings is 1. The van der Waals surface area contributed by atoms with E-state index in [0.717, 1.165) is 12.8 Å². The van der Waals surface area contributed by atoms with Gasteiger partial charge in [0.25, 0.3) is 0 Å². The van der Waals surface area contributed by atoms with Gasteiger partial charge in [-0.15, -0.1) is 0 Å². The monoisotopic (exact) mass is 202 g/mol. The first-order valence-electron chi connectivity index (χ1n) is 5.86. The molecule has 0 aromatic heterocycles. The van der Waals surface area contributed by atoms with Crippen LogP contribution in [0.5, 0.6) is 0 Å². The molecule has 1 atom stereocenters. The largest absolute Gasteiger partial charge is 0.0885 e. The van der Waals surface area contributed by atoms with Crippen LogP contribution in [0.4, 0.5) is 0 Å². The first-order chi connectivity index (χ1) is 7.13. The van der Waals surface area contributed by atoms with Gasteiger partial charge < -0.3 is 0 Å². The van der Waals surface area contributed by atoms with Crippen molar-refractivity contribution in [2.24, 2.45) is 5.92 Å². The Labute approximate surface area is 94.0 Å². The molecule has 0 N–H and O–H groups in total.